The van der Waals surface area contributed by atoms with Crippen LogP contribution in [-0.4, -0.2) is 61.7 Å². The normalized spacial score (nSPS) is 23.0. The maximum atomic E-state index is 12.2. The van der Waals surface area contributed by atoms with E-state index < -0.39 is 25.5 Å². The topological polar surface area (TPSA) is 105 Å². The van der Waals surface area contributed by atoms with Crippen LogP contribution in [0.3, 0.4) is 0 Å². The molecule has 12 heteroatoms. The van der Waals surface area contributed by atoms with Gasteiger partial charge in [-0.2, -0.15) is 20.2 Å². The molecule has 0 saturated carbocycles. The molecule has 0 spiro atoms. The first-order chi connectivity index (χ1) is 15.1. The van der Waals surface area contributed by atoms with E-state index in [0.717, 1.165) is 54.0 Å². The number of benzene rings is 1. The molecule has 0 radical (unpaired) electrons. The minimum atomic E-state index is -4.03. The second kappa shape index (κ2) is 10.9. The largest absolute Gasteiger partial charge is 0.378 e. The first kappa shape index (κ1) is 25.5. The zero-order chi connectivity index (χ0) is 23.4. The Hall–Kier alpha value is -1.14. The van der Waals surface area contributed by atoms with Crippen molar-refractivity contribution in [1.29, 1.82) is 0 Å². The second-order valence-corrected chi connectivity index (χ2v) is 11.6. The molecule has 176 valence electrons. The number of nitro benzene ring substituents is 1. The Morgan fingerprint density at radius 3 is 2.62 bits per heavy atom. The number of allylic oxidation sites excluding steroid dienone is 1. The highest BCUT2D eigenvalue weighted by Crippen LogP contribution is 2.43. The monoisotopic (exact) mass is 523 g/mol. The Labute approximate surface area is 201 Å². The molecule has 0 bridgehead atoms. The van der Waals surface area contributed by atoms with Gasteiger partial charge in [0.1, 0.15) is 6.10 Å². The molecule has 0 amide bonds. The fraction of sp³-hybridized carbons (Fsp3) is 0.500. The molecule has 0 aromatic heterocycles. The maximum absolute atomic E-state index is 12.2. The molecule has 1 aliphatic heterocycles. The lowest BCUT2D eigenvalue weighted by molar-refractivity contribution is -0.384. The quantitative estimate of drug-likeness (QED) is 0.155. The van der Waals surface area contributed by atoms with Gasteiger partial charge in [-0.05, 0) is 54.0 Å². The van der Waals surface area contributed by atoms with Crippen molar-refractivity contribution in [2.24, 2.45) is 0 Å². The van der Waals surface area contributed by atoms with E-state index in [9.17, 15) is 18.5 Å². The Kier molecular flexibility index (Phi) is 8.65. The predicted octanol–water partition coefficient (Wildman–Crippen LogP) is 4.27. The van der Waals surface area contributed by atoms with Crippen molar-refractivity contribution in [2.75, 3.05) is 32.7 Å². The number of fused-ring (bicyclic) bond motifs is 1. The highest BCUT2D eigenvalue weighted by Gasteiger charge is 2.38. The van der Waals surface area contributed by atoms with Crippen LogP contribution in [0.15, 0.2) is 52.5 Å². The maximum Gasteiger partial charge on any atom is 0.297 e. The van der Waals surface area contributed by atoms with Gasteiger partial charge in [-0.25, -0.2) is 0 Å². The Bertz CT molecular complexity index is 994. The van der Waals surface area contributed by atoms with E-state index in [4.69, 9.17) is 36.9 Å². The van der Waals surface area contributed by atoms with Gasteiger partial charge in [0.25, 0.3) is 15.8 Å². The van der Waals surface area contributed by atoms with Crippen molar-refractivity contribution in [1.82, 2.24) is 0 Å². The summed E-state index contributed by atoms with van der Waals surface area (Å²) in [5.41, 5.74) is 1.96. The lowest BCUT2D eigenvalue weighted by Gasteiger charge is -2.32. The molecule has 1 aromatic rings. The zero-order valence-electron chi connectivity index (χ0n) is 17.2. The standard InChI is InChI=1S/C20H23Cl2NO7S2/c1-28-19-11-14-3-2-10-31-18(17(14)12-20(19,21)22)13-29-8-9-30-32(26,27)16-6-4-15(5-7-16)23(24)25/h4-7,11-12,18-19H,2-3,8-10,13H2,1H3. The van der Waals surface area contributed by atoms with Gasteiger partial charge in [-0.1, -0.05) is 23.2 Å². The van der Waals surface area contributed by atoms with Gasteiger partial charge >= 0.3 is 0 Å². The number of thioether (sulfide) groups is 1. The van der Waals surface area contributed by atoms with Crippen LogP contribution >= 0.6 is 35.0 Å². The minimum absolute atomic E-state index is 0.00436. The SMILES string of the molecule is COC1C=C2CCCSC(COCCOS(=O)(=O)c3ccc([N+](=O)[O-])cc3)C2=CC1(Cl)Cl. The number of nitrogens with zero attached hydrogens (tertiary/aromatic N) is 1. The summed E-state index contributed by atoms with van der Waals surface area (Å²) >= 11 is 14.6. The molecule has 1 heterocycles. The van der Waals surface area contributed by atoms with Crippen LogP contribution in [0.25, 0.3) is 0 Å². The molecule has 1 aliphatic carbocycles. The van der Waals surface area contributed by atoms with Gasteiger partial charge < -0.3 is 9.47 Å². The number of hydrogen-bond donors (Lipinski definition) is 0. The van der Waals surface area contributed by atoms with Gasteiger partial charge in [0.2, 0.25) is 0 Å². The molecule has 3 rings (SSSR count). The highest BCUT2D eigenvalue weighted by atomic mass is 35.5. The number of hydrogen-bond acceptors (Lipinski definition) is 8. The van der Waals surface area contributed by atoms with Crippen LogP contribution in [0.2, 0.25) is 0 Å². The molecule has 2 aliphatic rings. The smallest absolute Gasteiger partial charge is 0.297 e. The Morgan fingerprint density at radius 1 is 1.25 bits per heavy atom. The van der Waals surface area contributed by atoms with Gasteiger partial charge in [-0.3, -0.25) is 14.3 Å². The lowest BCUT2D eigenvalue weighted by atomic mass is 9.90. The van der Waals surface area contributed by atoms with Crippen molar-refractivity contribution in [3.05, 3.63) is 57.7 Å². The van der Waals surface area contributed by atoms with E-state index in [2.05, 4.69) is 0 Å². The first-order valence-electron chi connectivity index (χ1n) is 9.82. The molecule has 2 atom stereocenters. The predicted molar refractivity (Wildman–Crippen MR) is 124 cm³/mol. The number of non-ortho nitro benzene ring substituents is 1. The molecule has 8 nitrogen and oxygen atoms in total. The third-order valence-electron chi connectivity index (χ3n) is 5.03. The fourth-order valence-electron chi connectivity index (χ4n) is 3.44. The molecule has 1 fully saturated rings. The first-order valence-corrected chi connectivity index (χ1v) is 13.0. The van der Waals surface area contributed by atoms with E-state index in [1.165, 1.54) is 0 Å². The third kappa shape index (κ3) is 6.25. The summed E-state index contributed by atoms with van der Waals surface area (Å²) in [6.07, 6.45) is 5.27. The van der Waals surface area contributed by atoms with E-state index >= 15 is 0 Å². The van der Waals surface area contributed by atoms with Crippen LogP contribution in [0.4, 0.5) is 5.69 Å². The molecule has 32 heavy (non-hydrogen) atoms. The summed E-state index contributed by atoms with van der Waals surface area (Å²) in [6, 6.07) is 4.50. The molecular weight excluding hydrogens is 501 g/mol. The zero-order valence-corrected chi connectivity index (χ0v) is 20.4. The van der Waals surface area contributed by atoms with Crippen LogP contribution in [0.1, 0.15) is 12.8 Å². The average Bonchev–Trinajstić information content (AvgIpc) is 2.93. The van der Waals surface area contributed by atoms with Crippen LogP contribution in [-0.2, 0) is 23.8 Å². The minimum Gasteiger partial charge on any atom is -0.378 e. The summed E-state index contributed by atoms with van der Waals surface area (Å²) in [5.74, 6) is 0.947. The third-order valence-corrected chi connectivity index (χ3v) is 8.32. The summed E-state index contributed by atoms with van der Waals surface area (Å²) in [5, 5.41) is 10.7. The molecule has 2 unspecified atom stereocenters. The lowest BCUT2D eigenvalue weighted by Crippen LogP contribution is -2.34. The summed E-state index contributed by atoms with van der Waals surface area (Å²) < 4.78 is 39.4. The Balaban J connectivity index is 1.54. The summed E-state index contributed by atoms with van der Waals surface area (Å²) in [6.45, 7) is 0.221. The Morgan fingerprint density at radius 2 is 1.97 bits per heavy atom. The molecule has 0 N–H and O–H groups in total. The average molecular weight is 524 g/mol. The molecule has 1 aromatic carbocycles. The summed E-state index contributed by atoms with van der Waals surface area (Å²) in [7, 11) is -2.47. The van der Waals surface area contributed by atoms with Gasteiger partial charge in [0.05, 0.1) is 34.9 Å². The number of ether oxygens (including phenoxy) is 2. The van der Waals surface area contributed by atoms with Crippen molar-refractivity contribution in [3.63, 3.8) is 0 Å². The van der Waals surface area contributed by atoms with Crippen LogP contribution < -0.4 is 0 Å². The number of rotatable bonds is 9. The van der Waals surface area contributed by atoms with Gasteiger partial charge in [0.15, 0.2) is 4.33 Å². The number of alkyl halides is 2. The number of halogens is 2. The van der Waals surface area contributed by atoms with Crippen molar-refractivity contribution < 1.29 is 27.0 Å². The van der Waals surface area contributed by atoms with E-state index in [0.29, 0.717) is 6.61 Å². The van der Waals surface area contributed by atoms with E-state index in [1.54, 1.807) is 18.9 Å². The summed E-state index contributed by atoms with van der Waals surface area (Å²) in [4.78, 5) is 9.93. The number of nitro groups is 1. The van der Waals surface area contributed by atoms with Gasteiger partial charge in [-0.15, -0.1) is 0 Å². The fourth-order valence-corrected chi connectivity index (χ4v) is 6.06. The van der Waals surface area contributed by atoms with Crippen molar-refractivity contribution >= 4 is 50.8 Å². The van der Waals surface area contributed by atoms with E-state index in [1.807, 2.05) is 12.2 Å². The number of methoxy groups -OCH3 is 1. The van der Waals surface area contributed by atoms with Crippen molar-refractivity contribution in [3.8, 4) is 0 Å². The van der Waals surface area contributed by atoms with Gasteiger partial charge in [0, 0.05) is 19.2 Å². The molecular formula is C20H23Cl2NO7S2. The highest BCUT2D eigenvalue weighted by molar-refractivity contribution is 8.00. The second-order valence-electron chi connectivity index (χ2n) is 7.19. The van der Waals surface area contributed by atoms with E-state index in [-0.39, 0.29) is 29.0 Å². The van der Waals surface area contributed by atoms with Crippen molar-refractivity contribution in [2.45, 2.75) is 33.4 Å². The molecule has 1 saturated heterocycles. The van der Waals surface area contributed by atoms with Crippen LogP contribution in [0, 0.1) is 10.1 Å². The van der Waals surface area contributed by atoms with Crippen LogP contribution in [0.5, 0.6) is 0 Å².